The zero-order chi connectivity index (χ0) is 9.68. The van der Waals surface area contributed by atoms with Crippen LogP contribution < -0.4 is 0 Å². The summed E-state index contributed by atoms with van der Waals surface area (Å²) in [6.07, 6.45) is 0. The third-order valence-electron chi connectivity index (χ3n) is 1.61. The molecule has 1 amide bonds. The number of amides is 1. The van der Waals surface area contributed by atoms with Gasteiger partial charge >= 0.3 is 5.37 Å². The number of carbonyl (C=O) groups excluding carboxylic acids is 1. The van der Waals surface area contributed by atoms with Crippen LogP contribution in [0.2, 0.25) is 0 Å². The minimum absolute atomic E-state index is 0.108. The van der Waals surface area contributed by atoms with Crippen molar-refractivity contribution in [3.8, 4) is 0 Å². The maximum Gasteiger partial charge on any atom is 0.317 e. The molecule has 0 heterocycles. The molecule has 0 saturated heterocycles. The van der Waals surface area contributed by atoms with Gasteiger partial charge in [0.05, 0.1) is 6.00 Å². The fraction of sp³-hybridized carbons (Fsp3) is 0.222. The van der Waals surface area contributed by atoms with Gasteiger partial charge in [0.2, 0.25) is 0 Å². The van der Waals surface area contributed by atoms with E-state index in [1.54, 1.807) is 0 Å². The Morgan fingerprint density at radius 2 is 1.92 bits per heavy atom. The molecule has 0 atom stereocenters. The molecule has 0 unspecified atom stereocenters. The Labute approximate surface area is 87.1 Å². The Morgan fingerprint density at radius 3 is 2.38 bits per heavy atom. The van der Waals surface area contributed by atoms with E-state index in [0.717, 1.165) is 5.56 Å². The number of halogens is 2. The highest BCUT2D eigenvalue weighted by molar-refractivity contribution is 6.63. The van der Waals surface area contributed by atoms with E-state index in [1.165, 1.54) is 4.90 Å². The number of carbonyl (C=O) groups is 1. The molecule has 0 fully saturated rings. The Balaban J connectivity index is 2.62. The predicted molar refractivity (Wildman–Crippen MR) is 54.0 cm³/mol. The second kappa shape index (κ2) is 5.10. The van der Waals surface area contributed by atoms with Crippen molar-refractivity contribution in [3.63, 3.8) is 0 Å². The number of hydrogen-bond donors (Lipinski definition) is 0. The molecule has 4 heteroatoms. The molecule has 0 saturated carbocycles. The van der Waals surface area contributed by atoms with Gasteiger partial charge in [-0.3, -0.25) is 4.79 Å². The van der Waals surface area contributed by atoms with E-state index in [-0.39, 0.29) is 6.00 Å². The maximum atomic E-state index is 10.8. The van der Waals surface area contributed by atoms with E-state index in [1.807, 2.05) is 30.3 Å². The topological polar surface area (TPSA) is 20.3 Å². The van der Waals surface area contributed by atoms with Crippen LogP contribution in [-0.4, -0.2) is 16.3 Å². The molecule has 0 aliphatic carbocycles. The molecule has 1 aromatic rings. The summed E-state index contributed by atoms with van der Waals surface area (Å²) in [7, 11) is 0. The van der Waals surface area contributed by atoms with Gasteiger partial charge in [0.25, 0.3) is 0 Å². The second-order valence-electron chi connectivity index (χ2n) is 2.56. The maximum absolute atomic E-state index is 10.8. The minimum atomic E-state index is -0.529. The molecule has 0 aliphatic heterocycles. The van der Waals surface area contributed by atoms with Crippen LogP contribution in [0.25, 0.3) is 0 Å². The largest absolute Gasteiger partial charge is 0.317 e. The monoisotopic (exact) mass is 217 g/mol. The normalized spacial score (nSPS) is 9.69. The second-order valence-corrected chi connectivity index (χ2v) is 3.12. The van der Waals surface area contributed by atoms with Gasteiger partial charge in [0, 0.05) is 6.54 Å². The smallest absolute Gasteiger partial charge is 0.311 e. The standard InChI is InChI=1S/C9H9Cl2NO/c10-7-12(9(11)13)6-8-4-2-1-3-5-8/h1-5H,6-7H2. The number of benzene rings is 1. The van der Waals surface area contributed by atoms with E-state index < -0.39 is 5.37 Å². The van der Waals surface area contributed by atoms with Crippen molar-refractivity contribution in [2.45, 2.75) is 6.54 Å². The van der Waals surface area contributed by atoms with Crippen molar-refractivity contribution in [1.29, 1.82) is 0 Å². The molecular weight excluding hydrogens is 209 g/mol. The summed E-state index contributed by atoms with van der Waals surface area (Å²) in [5.74, 6) is 0. The van der Waals surface area contributed by atoms with Gasteiger partial charge in [-0.05, 0) is 17.2 Å². The van der Waals surface area contributed by atoms with Crippen molar-refractivity contribution in [3.05, 3.63) is 35.9 Å². The average Bonchev–Trinajstić information content (AvgIpc) is 2.15. The Bertz CT molecular complexity index is 276. The molecule has 13 heavy (non-hydrogen) atoms. The van der Waals surface area contributed by atoms with Crippen LogP contribution in [0.5, 0.6) is 0 Å². The highest BCUT2D eigenvalue weighted by Crippen LogP contribution is 2.07. The van der Waals surface area contributed by atoms with Crippen molar-refractivity contribution in [1.82, 2.24) is 4.90 Å². The molecule has 0 aromatic heterocycles. The van der Waals surface area contributed by atoms with E-state index in [0.29, 0.717) is 6.54 Å². The number of rotatable bonds is 3. The Morgan fingerprint density at radius 1 is 1.31 bits per heavy atom. The van der Waals surface area contributed by atoms with Crippen molar-refractivity contribution < 1.29 is 4.79 Å². The highest BCUT2D eigenvalue weighted by Gasteiger charge is 2.08. The third-order valence-corrected chi connectivity index (χ3v) is 2.14. The predicted octanol–water partition coefficient (Wildman–Crippen LogP) is 3.04. The van der Waals surface area contributed by atoms with Crippen LogP contribution in [0.15, 0.2) is 30.3 Å². The van der Waals surface area contributed by atoms with Crippen LogP contribution in [0.1, 0.15) is 5.56 Å². The fourth-order valence-electron chi connectivity index (χ4n) is 0.955. The molecule has 1 rings (SSSR count). The Kier molecular flexibility index (Phi) is 4.06. The van der Waals surface area contributed by atoms with Crippen LogP contribution in [-0.2, 0) is 6.54 Å². The van der Waals surface area contributed by atoms with Gasteiger partial charge < -0.3 is 4.90 Å². The number of nitrogens with zero attached hydrogens (tertiary/aromatic N) is 1. The summed E-state index contributed by atoms with van der Waals surface area (Å²) >= 11 is 10.8. The van der Waals surface area contributed by atoms with E-state index in [2.05, 4.69) is 0 Å². The van der Waals surface area contributed by atoms with Gasteiger partial charge in [0.15, 0.2) is 0 Å². The number of alkyl halides is 1. The molecule has 0 spiro atoms. The summed E-state index contributed by atoms with van der Waals surface area (Å²) in [4.78, 5) is 12.1. The Hall–Kier alpha value is -0.730. The molecule has 1 aromatic carbocycles. The van der Waals surface area contributed by atoms with Gasteiger partial charge in [0.1, 0.15) is 0 Å². The summed E-state index contributed by atoms with van der Waals surface area (Å²) in [5, 5.41) is -0.529. The van der Waals surface area contributed by atoms with Gasteiger partial charge in [-0.25, -0.2) is 0 Å². The lowest BCUT2D eigenvalue weighted by molar-refractivity contribution is 0.228. The summed E-state index contributed by atoms with van der Waals surface area (Å²) < 4.78 is 0. The summed E-state index contributed by atoms with van der Waals surface area (Å²) in [5.41, 5.74) is 1.01. The van der Waals surface area contributed by atoms with Crippen LogP contribution in [0.4, 0.5) is 4.79 Å². The first-order valence-corrected chi connectivity index (χ1v) is 4.69. The minimum Gasteiger partial charge on any atom is -0.311 e. The summed E-state index contributed by atoms with van der Waals surface area (Å²) in [6.45, 7) is 0.451. The van der Waals surface area contributed by atoms with Crippen LogP contribution in [0, 0.1) is 0 Å². The first-order valence-electron chi connectivity index (χ1n) is 3.78. The molecule has 0 bridgehead atoms. The quantitative estimate of drug-likeness (QED) is 0.433. The summed E-state index contributed by atoms with van der Waals surface area (Å²) in [6, 6.07) is 9.66. The molecule has 0 radical (unpaired) electrons. The first kappa shape index (κ1) is 10.4. The van der Waals surface area contributed by atoms with Gasteiger partial charge in [-0.1, -0.05) is 30.3 Å². The molecular formula is C9H9Cl2NO. The average molecular weight is 218 g/mol. The zero-order valence-corrected chi connectivity index (χ0v) is 8.42. The third kappa shape index (κ3) is 3.25. The molecule has 2 nitrogen and oxygen atoms in total. The zero-order valence-electron chi connectivity index (χ0n) is 6.91. The van der Waals surface area contributed by atoms with E-state index in [9.17, 15) is 4.79 Å². The first-order chi connectivity index (χ1) is 6.24. The van der Waals surface area contributed by atoms with Crippen molar-refractivity contribution in [2.75, 3.05) is 6.00 Å². The SMILES string of the molecule is O=C(Cl)N(CCl)Cc1ccccc1. The number of hydrogen-bond acceptors (Lipinski definition) is 1. The lowest BCUT2D eigenvalue weighted by Crippen LogP contribution is -2.23. The fourth-order valence-corrected chi connectivity index (χ4v) is 1.33. The van der Waals surface area contributed by atoms with E-state index in [4.69, 9.17) is 23.2 Å². The molecule has 0 aliphatic rings. The van der Waals surface area contributed by atoms with Crippen molar-refractivity contribution in [2.24, 2.45) is 0 Å². The van der Waals surface area contributed by atoms with E-state index >= 15 is 0 Å². The highest BCUT2D eigenvalue weighted by atomic mass is 35.5. The van der Waals surface area contributed by atoms with Gasteiger partial charge in [-0.2, -0.15) is 0 Å². The van der Waals surface area contributed by atoms with Crippen LogP contribution in [0.3, 0.4) is 0 Å². The lowest BCUT2D eigenvalue weighted by Gasteiger charge is -2.15. The van der Waals surface area contributed by atoms with Crippen LogP contribution >= 0.6 is 23.2 Å². The molecule has 0 N–H and O–H groups in total. The lowest BCUT2D eigenvalue weighted by atomic mass is 10.2. The van der Waals surface area contributed by atoms with Crippen molar-refractivity contribution >= 4 is 28.6 Å². The van der Waals surface area contributed by atoms with Gasteiger partial charge in [-0.15, -0.1) is 11.6 Å². The molecule has 70 valence electrons.